The summed E-state index contributed by atoms with van der Waals surface area (Å²) in [7, 11) is 2.11. The third kappa shape index (κ3) is 3.44. The second kappa shape index (κ2) is 7.23. The third-order valence-electron chi connectivity index (χ3n) is 6.44. The van der Waals surface area contributed by atoms with Crippen LogP contribution in [0.2, 0.25) is 0 Å². The first kappa shape index (κ1) is 18.4. The van der Waals surface area contributed by atoms with Gasteiger partial charge >= 0.3 is 0 Å². The predicted molar refractivity (Wildman–Crippen MR) is 107 cm³/mol. The summed E-state index contributed by atoms with van der Waals surface area (Å²) >= 11 is 1.85. The Labute approximate surface area is 165 Å². The largest absolute Gasteiger partial charge is 0.337 e. The van der Waals surface area contributed by atoms with Crippen LogP contribution >= 0.6 is 23.7 Å². The molecular formula is C19H28ClN5S. The summed E-state index contributed by atoms with van der Waals surface area (Å²) in [5.41, 5.74) is 3.99. The third-order valence-corrected chi connectivity index (χ3v) is 7.27. The summed E-state index contributed by atoms with van der Waals surface area (Å²) in [4.78, 5) is 13.5. The molecule has 1 atom stereocenters. The molecule has 0 aromatic carbocycles. The number of halogens is 1. The van der Waals surface area contributed by atoms with Crippen molar-refractivity contribution >= 4 is 23.7 Å². The Morgan fingerprint density at radius 1 is 1.27 bits per heavy atom. The van der Waals surface area contributed by atoms with Gasteiger partial charge in [-0.25, -0.2) is 9.97 Å². The average molecular weight is 394 g/mol. The summed E-state index contributed by atoms with van der Waals surface area (Å²) in [6.07, 6.45) is 10.6. The predicted octanol–water partition coefficient (Wildman–Crippen LogP) is 3.32. The fourth-order valence-corrected chi connectivity index (χ4v) is 5.46. The van der Waals surface area contributed by atoms with Crippen LogP contribution in [0.4, 0.5) is 0 Å². The molecule has 26 heavy (non-hydrogen) atoms. The minimum Gasteiger partial charge on any atom is -0.337 e. The van der Waals surface area contributed by atoms with Crippen LogP contribution in [0.1, 0.15) is 54.4 Å². The molecule has 1 N–H and O–H groups in total. The number of hydrogen-bond acceptors (Lipinski definition) is 5. The summed E-state index contributed by atoms with van der Waals surface area (Å²) in [5.74, 6) is 1.91. The Morgan fingerprint density at radius 3 is 2.77 bits per heavy atom. The summed E-state index contributed by atoms with van der Waals surface area (Å²) in [5, 5.41) is 3.53. The van der Waals surface area contributed by atoms with Gasteiger partial charge in [0.05, 0.1) is 17.7 Å². The molecule has 2 aliphatic carbocycles. The number of imidazole rings is 1. The van der Waals surface area contributed by atoms with Crippen molar-refractivity contribution in [3.05, 3.63) is 34.3 Å². The van der Waals surface area contributed by atoms with Crippen molar-refractivity contribution in [2.75, 3.05) is 13.1 Å². The summed E-state index contributed by atoms with van der Waals surface area (Å²) in [6, 6.07) is 0.709. The van der Waals surface area contributed by atoms with E-state index < -0.39 is 0 Å². The standard InChI is InChI=1S/C19H27N5S.ClH/c1-23-9-8-21-17(23)12-24(16-10-19(16)4-6-20-7-5-19)11-15-18(14-2-3-14)22-13-25-15;/h8-9,13-14,16,20H,2-7,10-12H2,1H3;1H. The van der Waals surface area contributed by atoms with Crippen molar-refractivity contribution < 1.29 is 0 Å². The molecule has 5 nitrogen and oxygen atoms in total. The summed E-state index contributed by atoms with van der Waals surface area (Å²) < 4.78 is 2.17. The van der Waals surface area contributed by atoms with E-state index in [4.69, 9.17) is 4.98 Å². The summed E-state index contributed by atoms with van der Waals surface area (Å²) in [6.45, 7) is 4.36. The van der Waals surface area contributed by atoms with Gasteiger partial charge in [-0.3, -0.25) is 4.90 Å². The zero-order chi connectivity index (χ0) is 16.9. The maximum Gasteiger partial charge on any atom is 0.122 e. The van der Waals surface area contributed by atoms with Crippen LogP contribution in [0.15, 0.2) is 17.9 Å². The molecule has 3 heterocycles. The first-order valence-electron chi connectivity index (χ1n) is 9.58. The molecule has 0 radical (unpaired) electrons. The maximum atomic E-state index is 4.69. The quantitative estimate of drug-likeness (QED) is 0.817. The molecule has 2 aromatic heterocycles. The van der Waals surface area contributed by atoms with E-state index >= 15 is 0 Å². The van der Waals surface area contributed by atoms with E-state index in [1.807, 2.05) is 17.5 Å². The first-order chi connectivity index (χ1) is 12.3. The van der Waals surface area contributed by atoms with Gasteiger partial charge in [0.1, 0.15) is 5.82 Å². The Hall–Kier alpha value is -0.950. The van der Waals surface area contributed by atoms with Gasteiger partial charge < -0.3 is 9.88 Å². The van der Waals surface area contributed by atoms with Crippen LogP contribution in [-0.2, 0) is 20.1 Å². The van der Waals surface area contributed by atoms with Gasteiger partial charge in [-0.1, -0.05) is 0 Å². The first-order valence-corrected chi connectivity index (χ1v) is 10.5. The number of piperidine rings is 1. The molecule has 5 rings (SSSR count). The lowest BCUT2D eigenvalue weighted by molar-refractivity contribution is 0.183. The van der Waals surface area contributed by atoms with E-state index in [-0.39, 0.29) is 12.4 Å². The molecule has 1 unspecified atom stereocenters. The second-order valence-corrected chi connectivity index (χ2v) is 9.07. The lowest BCUT2D eigenvalue weighted by Gasteiger charge is -2.29. The van der Waals surface area contributed by atoms with E-state index in [0.717, 1.165) is 19.0 Å². The second-order valence-electron chi connectivity index (χ2n) is 8.13. The van der Waals surface area contributed by atoms with Gasteiger partial charge in [0.2, 0.25) is 0 Å². The molecule has 2 aromatic rings. The van der Waals surface area contributed by atoms with Crippen LogP contribution in [0.3, 0.4) is 0 Å². The molecule has 3 fully saturated rings. The molecule has 2 saturated carbocycles. The van der Waals surface area contributed by atoms with Crippen molar-refractivity contribution in [1.29, 1.82) is 0 Å². The number of nitrogens with one attached hydrogen (secondary N) is 1. The number of aromatic nitrogens is 3. The van der Waals surface area contributed by atoms with E-state index in [1.54, 1.807) is 0 Å². The number of hydrogen-bond donors (Lipinski definition) is 1. The lowest BCUT2D eigenvalue weighted by Crippen LogP contribution is -2.36. The zero-order valence-electron chi connectivity index (χ0n) is 15.4. The highest BCUT2D eigenvalue weighted by Crippen LogP contribution is 2.56. The highest BCUT2D eigenvalue weighted by molar-refractivity contribution is 7.09. The number of nitrogens with zero attached hydrogens (tertiary/aromatic N) is 4. The normalized spacial score (nSPS) is 24.0. The fraction of sp³-hybridized carbons (Fsp3) is 0.684. The topological polar surface area (TPSA) is 46.0 Å². The van der Waals surface area contributed by atoms with Crippen LogP contribution in [-0.4, -0.2) is 38.6 Å². The van der Waals surface area contributed by atoms with Crippen molar-refractivity contribution in [2.45, 2.75) is 57.2 Å². The van der Waals surface area contributed by atoms with Crippen LogP contribution in [0.5, 0.6) is 0 Å². The van der Waals surface area contributed by atoms with E-state index in [1.165, 1.54) is 61.6 Å². The molecule has 1 saturated heterocycles. The minimum atomic E-state index is 0. The van der Waals surface area contributed by atoms with E-state index in [0.29, 0.717) is 11.5 Å². The molecule has 0 amide bonds. The van der Waals surface area contributed by atoms with Crippen molar-refractivity contribution in [3.63, 3.8) is 0 Å². The number of rotatable bonds is 6. The van der Waals surface area contributed by atoms with E-state index in [9.17, 15) is 0 Å². The van der Waals surface area contributed by atoms with Crippen molar-refractivity contribution in [2.24, 2.45) is 12.5 Å². The molecular weight excluding hydrogens is 366 g/mol. The van der Waals surface area contributed by atoms with Gasteiger partial charge in [-0.2, -0.15) is 0 Å². The molecule has 3 aliphatic rings. The molecule has 7 heteroatoms. The molecule has 1 spiro atoms. The number of thiazole rings is 1. The smallest absolute Gasteiger partial charge is 0.122 e. The van der Waals surface area contributed by atoms with E-state index in [2.05, 4.69) is 38.5 Å². The van der Waals surface area contributed by atoms with Crippen LogP contribution < -0.4 is 5.32 Å². The SMILES string of the molecule is Cl.Cn1ccnc1CN(Cc1scnc1C1CC1)C1CC12CCNCC2. The molecule has 1 aliphatic heterocycles. The van der Waals surface area contributed by atoms with Crippen molar-refractivity contribution in [1.82, 2.24) is 24.8 Å². The van der Waals surface area contributed by atoms with Crippen LogP contribution in [0.25, 0.3) is 0 Å². The van der Waals surface area contributed by atoms with Gasteiger partial charge in [-0.15, -0.1) is 23.7 Å². The van der Waals surface area contributed by atoms with Gasteiger partial charge in [0.25, 0.3) is 0 Å². The van der Waals surface area contributed by atoms with Gasteiger partial charge in [0, 0.05) is 42.8 Å². The van der Waals surface area contributed by atoms with Gasteiger partial charge in [-0.05, 0) is 50.6 Å². The van der Waals surface area contributed by atoms with Crippen molar-refractivity contribution in [3.8, 4) is 0 Å². The molecule has 142 valence electrons. The molecule has 0 bridgehead atoms. The lowest BCUT2D eigenvalue weighted by atomic mass is 9.93. The Morgan fingerprint density at radius 2 is 2.08 bits per heavy atom. The fourth-order valence-electron chi connectivity index (χ4n) is 4.58. The zero-order valence-corrected chi connectivity index (χ0v) is 17.0. The Bertz CT molecular complexity index is 747. The highest BCUT2D eigenvalue weighted by Gasteiger charge is 2.56. The average Bonchev–Trinajstić information content (AvgIpc) is 3.49. The maximum absolute atomic E-state index is 4.69. The minimum absolute atomic E-state index is 0. The van der Waals surface area contributed by atoms with Crippen LogP contribution in [0, 0.1) is 5.41 Å². The highest BCUT2D eigenvalue weighted by atomic mass is 35.5. The Kier molecular flexibility index (Phi) is 5.12. The monoisotopic (exact) mass is 393 g/mol. The van der Waals surface area contributed by atoms with Gasteiger partial charge in [0.15, 0.2) is 0 Å². The number of aryl methyl sites for hydroxylation is 1. The Balaban J connectivity index is 0.00000168.